The molecule has 26 heavy (non-hydrogen) atoms. The Morgan fingerprint density at radius 2 is 1.65 bits per heavy atom. The summed E-state index contributed by atoms with van der Waals surface area (Å²) in [6.07, 6.45) is 6.23. The molecule has 2 aromatic rings. The highest BCUT2D eigenvalue weighted by molar-refractivity contribution is 5.92. The van der Waals surface area contributed by atoms with Gasteiger partial charge in [0.05, 0.1) is 26.1 Å². The fraction of sp³-hybridized carbons (Fsp3) is 0.400. The summed E-state index contributed by atoms with van der Waals surface area (Å²) in [6.45, 7) is 1.65. The standard InChI is InChI=1S/C20H25N3O3/c1-25-18-10-8-15(13-19(18)26-2)22-16-7-9-17(21-14-16)20(24)23-11-5-3-4-6-12-23/h7-10,13-14,22H,3-6,11-12H2,1-2H3. The zero-order valence-corrected chi connectivity index (χ0v) is 15.3. The molecule has 1 aliphatic rings. The predicted molar refractivity (Wildman–Crippen MR) is 101 cm³/mol. The molecule has 0 unspecified atom stereocenters. The zero-order chi connectivity index (χ0) is 18.4. The summed E-state index contributed by atoms with van der Waals surface area (Å²) in [5.41, 5.74) is 2.16. The first-order valence-electron chi connectivity index (χ1n) is 8.95. The van der Waals surface area contributed by atoms with E-state index in [2.05, 4.69) is 10.3 Å². The van der Waals surface area contributed by atoms with E-state index in [1.807, 2.05) is 29.2 Å². The molecule has 1 saturated heterocycles. The van der Waals surface area contributed by atoms with Gasteiger partial charge in [-0.25, -0.2) is 4.98 Å². The number of nitrogens with zero attached hydrogens (tertiary/aromatic N) is 2. The van der Waals surface area contributed by atoms with Crippen LogP contribution in [0.1, 0.15) is 36.2 Å². The van der Waals surface area contributed by atoms with Crippen LogP contribution in [0.15, 0.2) is 36.5 Å². The topological polar surface area (TPSA) is 63.7 Å². The maximum atomic E-state index is 12.6. The van der Waals surface area contributed by atoms with Gasteiger partial charge in [0.15, 0.2) is 11.5 Å². The first kappa shape index (κ1) is 18.0. The monoisotopic (exact) mass is 355 g/mol. The Morgan fingerprint density at radius 3 is 2.27 bits per heavy atom. The van der Waals surface area contributed by atoms with Gasteiger partial charge in [-0.3, -0.25) is 4.79 Å². The summed E-state index contributed by atoms with van der Waals surface area (Å²) < 4.78 is 10.6. The number of hydrogen-bond donors (Lipinski definition) is 1. The highest BCUT2D eigenvalue weighted by atomic mass is 16.5. The van der Waals surface area contributed by atoms with Crippen LogP contribution in [0.4, 0.5) is 11.4 Å². The van der Waals surface area contributed by atoms with Gasteiger partial charge in [0, 0.05) is 24.8 Å². The van der Waals surface area contributed by atoms with E-state index in [0.717, 1.165) is 37.3 Å². The lowest BCUT2D eigenvalue weighted by molar-refractivity contribution is 0.0756. The Bertz CT molecular complexity index is 738. The minimum absolute atomic E-state index is 0.0181. The van der Waals surface area contributed by atoms with Gasteiger partial charge in [-0.05, 0) is 37.1 Å². The van der Waals surface area contributed by atoms with Crippen LogP contribution in [0.5, 0.6) is 11.5 Å². The number of benzene rings is 1. The van der Waals surface area contributed by atoms with Crippen LogP contribution in [-0.4, -0.2) is 43.1 Å². The lowest BCUT2D eigenvalue weighted by Gasteiger charge is -2.19. The summed E-state index contributed by atoms with van der Waals surface area (Å²) in [5.74, 6) is 1.34. The van der Waals surface area contributed by atoms with Crippen molar-refractivity contribution in [3.63, 3.8) is 0 Å². The molecule has 1 fully saturated rings. The van der Waals surface area contributed by atoms with Crippen molar-refractivity contribution in [2.45, 2.75) is 25.7 Å². The lowest BCUT2D eigenvalue weighted by atomic mass is 10.2. The molecule has 1 aliphatic heterocycles. The second-order valence-corrected chi connectivity index (χ2v) is 6.33. The van der Waals surface area contributed by atoms with Gasteiger partial charge >= 0.3 is 0 Å². The Kier molecular flexibility index (Phi) is 5.94. The molecule has 1 N–H and O–H groups in total. The molecule has 0 aliphatic carbocycles. The van der Waals surface area contributed by atoms with Crippen LogP contribution in [0, 0.1) is 0 Å². The van der Waals surface area contributed by atoms with E-state index in [0.29, 0.717) is 17.2 Å². The fourth-order valence-electron chi connectivity index (χ4n) is 3.11. The average molecular weight is 355 g/mol. The molecule has 138 valence electrons. The lowest BCUT2D eigenvalue weighted by Crippen LogP contribution is -2.32. The van der Waals surface area contributed by atoms with Gasteiger partial charge in [-0.2, -0.15) is 0 Å². The van der Waals surface area contributed by atoms with Crippen molar-refractivity contribution in [3.8, 4) is 11.5 Å². The molecule has 2 heterocycles. The first-order chi connectivity index (χ1) is 12.7. The molecule has 0 saturated carbocycles. The third kappa shape index (κ3) is 4.25. The summed E-state index contributed by atoms with van der Waals surface area (Å²) in [4.78, 5) is 18.8. The molecule has 1 aromatic carbocycles. The SMILES string of the molecule is COc1ccc(Nc2ccc(C(=O)N3CCCCCC3)nc2)cc1OC. The normalized spacial score (nSPS) is 14.5. The van der Waals surface area contributed by atoms with Crippen molar-refractivity contribution >= 4 is 17.3 Å². The highest BCUT2D eigenvalue weighted by Gasteiger charge is 2.18. The second kappa shape index (κ2) is 8.56. The maximum Gasteiger partial charge on any atom is 0.272 e. The van der Waals surface area contributed by atoms with Gasteiger partial charge in [0.25, 0.3) is 5.91 Å². The van der Waals surface area contributed by atoms with E-state index in [4.69, 9.17) is 9.47 Å². The quantitative estimate of drug-likeness (QED) is 0.882. The molecule has 3 rings (SSSR count). The summed E-state index contributed by atoms with van der Waals surface area (Å²) in [5, 5.41) is 3.26. The highest BCUT2D eigenvalue weighted by Crippen LogP contribution is 2.31. The number of methoxy groups -OCH3 is 2. The van der Waals surface area contributed by atoms with Gasteiger partial charge < -0.3 is 19.7 Å². The van der Waals surface area contributed by atoms with Crippen LogP contribution in [0.3, 0.4) is 0 Å². The van der Waals surface area contributed by atoms with E-state index in [1.54, 1.807) is 26.5 Å². The van der Waals surface area contributed by atoms with E-state index in [-0.39, 0.29) is 5.91 Å². The van der Waals surface area contributed by atoms with Gasteiger partial charge in [0.1, 0.15) is 5.69 Å². The third-order valence-electron chi connectivity index (χ3n) is 4.55. The molecule has 6 heteroatoms. The largest absolute Gasteiger partial charge is 0.493 e. The van der Waals surface area contributed by atoms with Crippen LogP contribution >= 0.6 is 0 Å². The minimum atomic E-state index is 0.0181. The third-order valence-corrected chi connectivity index (χ3v) is 4.55. The Morgan fingerprint density at radius 1 is 0.962 bits per heavy atom. The molecule has 6 nitrogen and oxygen atoms in total. The van der Waals surface area contributed by atoms with Crippen LogP contribution in [-0.2, 0) is 0 Å². The van der Waals surface area contributed by atoms with Crippen LogP contribution in [0.25, 0.3) is 0 Å². The summed E-state index contributed by atoms with van der Waals surface area (Å²) in [7, 11) is 3.21. The van der Waals surface area contributed by atoms with Gasteiger partial charge in [-0.1, -0.05) is 12.8 Å². The first-order valence-corrected chi connectivity index (χ1v) is 8.95. The van der Waals surface area contributed by atoms with Crippen molar-refractivity contribution < 1.29 is 14.3 Å². The minimum Gasteiger partial charge on any atom is -0.493 e. The molecule has 1 amide bonds. The molecule has 0 spiro atoms. The molecule has 0 atom stereocenters. The van der Waals surface area contributed by atoms with Crippen molar-refractivity contribution in [1.82, 2.24) is 9.88 Å². The Hall–Kier alpha value is -2.76. The number of aromatic nitrogens is 1. The smallest absolute Gasteiger partial charge is 0.272 e. The van der Waals surface area contributed by atoms with E-state index >= 15 is 0 Å². The molecule has 0 radical (unpaired) electrons. The number of pyridine rings is 1. The predicted octanol–water partition coefficient (Wildman–Crippen LogP) is 3.86. The molecule has 1 aromatic heterocycles. The number of carbonyl (C=O) groups excluding carboxylic acids is 1. The van der Waals surface area contributed by atoms with Gasteiger partial charge in [0.2, 0.25) is 0 Å². The number of carbonyl (C=O) groups is 1. The Balaban J connectivity index is 1.68. The second-order valence-electron chi connectivity index (χ2n) is 6.33. The Labute approximate surface area is 154 Å². The van der Waals surface area contributed by atoms with Crippen LogP contribution in [0.2, 0.25) is 0 Å². The molecule has 0 bridgehead atoms. The number of rotatable bonds is 5. The van der Waals surface area contributed by atoms with Crippen molar-refractivity contribution in [2.24, 2.45) is 0 Å². The number of nitrogens with one attached hydrogen (secondary N) is 1. The number of likely N-dealkylation sites (tertiary alicyclic amines) is 1. The van der Waals surface area contributed by atoms with E-state index in [1.165, 1.54) is 12.8 Å². The molecular weight excluding hydrogens is 330 g/mol. The summed E-state index contributed by atoms with van der Waals surface area (Å²) >= 11 is 0. The summed E-state index contributed by atoms with van der Waals surface area (Å²) in [6, 6.07) is 9.24. The number of anilines is 2. The number of ether oxygens (including phenoxy) is 2. The fourth-order valence-corrected chi connectivity index (χ4v) is 3.11. The zero-order valence-electron chi connectivity index (χ0n) is 15.3. The van der Waals surface area contributed by atoms with E-state index < -0.39 is 0 Å². The maximum absolute atomic E-state index is 12.6. The molecular formula is C20H25N3O3. The number of amides is 1. The van der Waals surface area contributed by atoms with Crippen molar-refractivity contribution in [1.29, 1.82) is 0 Å². The van der Waals surface area contributed by atoms with Crippen LogP contribution < -0.4 is 14.8 Å². The van der Waals surface area contributed by atoms with Crippen molar-refractivity contribution in [2.75, 3.05) is 32.6 Å². The van der Waals surface area contributed by atoms with Gasteiger partial charge in [-0.15, -0.1) is 0 Å². The van der Waals surface area contributed by atoms with E-state index in [9.17, 15) is 4.79 Å². The van der Waals surface area contributed by atoms with Crippen molar-refractivity contribution in [3.05, 3.63) is 42.2 Å². The average Bonchev–Trinajstić information content (AvgIpc) is 2.97. The number of hydrogen-bond acceptors (Lipinski definition) is 5.